The van der Waals surface area contributed by atoms with Crippen molar-refractivity contribution in [2.24, 2.45) is 0 Å². The normalized spacial score (nSPS) is 19.4. The van der Waals surface area contributed by atoms with Gasteiger partial charge in [-0.1, -0.05) is 24.3 Å². The molecule has 0 aliphatic carbocycles. The average molecular weight is 313 g/mol. The fourth-order valence-electron chi connectivity index (χ4n) is 2.26. The van der Waals surface area contributed by atoms with E-state index in [4.69, 9.17) is 10.1 Å². The fraction of sp³-hybridized carbons (Fsp3) is 0.562. The molecule has 1 aromatic rings. The summed E-state index contributed by atoms with van der Waals surface area (Å²) in [7, 11) is 0. The zero-order valence-corrected chi connectivity index (χ0v) is 13.2. The zero-order chi connectivity index (χ0) is 16.6. The van der Waals surface area contributed by atoms with Gasteiger partial charge in [-0.05, 0) is 19.2 Å². The molecule has 1 fully saturated rings. The Bertz CT molecular complexity index is 434. The first-order valence-corrected chi connectivity index (χ1v) is 7.32. The van der Waals surface area contributed by atoms with Gasteiger partial charge in [0.15, 0.2) is 0 Å². The highest BCUT2D eigenvalue weighted by atomic mass is 19.3. The SMILES string of the molecule is C=N.C[C@@H]1COCCN1CNCc1ccc(C(C)(F)F)cc1. The quantitative estimate of drug-likeness (QED) is 0.822. The smallest absolute Gasteiger partial charge is 0.270 e. The Morgan fingerprint density at radius 3 is 2.55 bits per heavy atom. The number of ether oxygens (including phenoxy) is 1. The molecule has 0 aromatic heterocycles. The van der Waals surface area contributed by atoms with E-state index >= 15 is 0 Å². The van der Waals surface area contributed by atoms with Crippen LogP contribution in [-0.2, 0) is 17.2 Å². The van der Waals surface area contributed by atoms with Crippen molar-refractivity contribution in [2.75, 3.05) is 26.4 Å². The van der Waals surface area contributed by atoms with E-state index in [0.717, 1.165) is 38.9 Å². The largest absolute Gasteiger partial charge is 0.379 e. The van der Waals surface area contributed by atoms with Crippen LogP contribution in [0.5, 0.6) is 0 Å². The molecule has 0 spiro atoms. The predicted octanol–water partition coefficient (Wildman–Crippen LogP) is 2.83. The van der Waals surface area contributed by atoms with E-state index in [1.54, 1.807) is 12.1 Å². The van der Waals surface area contributed by atoms with Gasteiger partial charge in [0, 0.05) is 38.3 Å². The van der Waals surface area contributed by atoms with E-state index in [9.17, 15) is 8.78 Å². The number of benzene rings is 1. The van der Waals surface area contributed by atoms with Crippen molar-refractivity contribution in [3.8, 4) is 0 Å². The van der Waals surface area contributed by atoms with Gasteiger partial charge in [0.2, 0.25) is 0 Å². The van der Waals surface area contributed by atoms with Crippen molar-refractivity contribution >= 4 is 6.72 Å². The monoisotopic (exact) mass is 313 g/mol. The highest BCUT2D eigenvalue weighted by molar-refractivity contribution is 5.25. The summed E-state index contributed by atoms with van der Waals surface area (Å²) in [6.07, 6.45) is 0. The summed E-state index contributed by atoms with van der Waals surface area (Å²) >= 11 is 0. The van der Waals surface area contributed by atoms with Gasteiger partial charge in [-0.15, -0.1) is 0 Å². The second-order valence-corrected chi connectivity index (χ2v) is 5.41. The van der Waals surface area contributed by atoms with E-state index in [-0.39, 0.29) is 5.56 Å². The minimum Gasteiger partial charge on any atom is -0.379 e. The van der Waals surface area contributed by atoms with Gasteiger partial charge in [-0.3, -0.25) is 4.90 Å². The molecule has 0 radical (unpaired) electrons. The molecule has 4 nitrogen and oxygen atoms in total. The zero-order valence-electron chi connectivity index (χ0n) is 13.2. The highest BCUT2D eigenvalue weighted by Crippen LogP contribution is 2.26. The molecule has 1 heterocycles. The molecular weight excluding hydrogens is 288 g/mol. The molecule has 1 aromatic carbocycles. The second-order valence-electron chi connectivity index (χ2n) is 5.41. The van der Waals surface area contributed by atoms with Crippen LogP contribution in [0.3, 0.4) is 0 Å². The molecule has 2 rings (SSSR count). The third-order valence-corrected chi connectivity index (χ3v) is 3.61. The minimum atomic E-state index is -2.77. The van der Waals surface area contributed by atoms with Crippen LogP contribution in [0.2, 0.25) is 0 Å². The third-order valence-electron chi connectivity index (χ3n) is 3.61. The molecule has 124 valence electrons. The van der Waals surface area contributed by atoms with E-state index < -0.39 is 5.92 Å². The summed E-state index contributed by atoms with van der Waals surface area (Å²) < 4.78 is 31.6. The molecule has 0 bridgehead atoms. The molecule has 1 aliphatic heterocycles. The van der Waals surface area contributed by atoms with Crippen LogP contribution >= 0.6 is 0 Å². The molecule has 0 amide bonds. The summed E-state index contributed by atoms with van der Waals surface area (Å²) in [5.74, 6) is -2.77. The lowest BCUT2D eigenvalue weighted by Gasteiger charge is -2.33. The maximum Gasteiger partial charge on any atom is 0.270 e. The first-order valence-electron chi connectivity index (χ1n) is 7.32. The summed E-state index contributed by atoms with van der Waals surface area (Å²) in [6, 6.07) is 6.91. The van der Waals surface area contributed by atoms with Gasteiger partial charge in [0.1, 0.15) is 0 Å². The second kappa shape index (κ2) is 8.92. The molecule has 22 heavy (non-hydrogen) atoms. The van der Waals surface area contributed by atoms with Crippen molar-refractivity contribution in [3.63, 3.8) is 0 Å². The standard InChI is InChI=1S/C15H22F2N2O.CH3N/c1-12-10-20-8-7-19(12)11-18-9-13-3-5-14(6-4-13)15(2,16)17;1-2/h3-6,12,18H,7-11H2,1-2H3;2H,1H2/t12-;/m1./s1. The Hall–Kier alpha value is -1.37. The number of halogens is 2. The number of nitrogens with zero attached hydrogens (tertiary/aromatic N) is 1. The van der Waals surface area contributed by atoms with Crippen LogP contribution < -0.4 is 5.32 Å². The molecule has 1 saturated heterocycles. The molecule has 1 aliphatic rings. The van der Waals surface area contributed by atoms with Crippen molar-refractivity contribution in [1.29, 1.82) is 5.41 Å². The summed E-state index contributed by atoms with van der Waals surface area (Å²) in [5, 5.41) is 8.84. The molecule has 2 N–H and O–H groups in total. The first kappa shape index (κ1) is 18.7. The summed E-state index contributed by atoms with van der Waals surface area (Å²) in [6.45, 7) is 9.48. The van der Waals surface area contributed by atoms with Gasteiger partial charge in [-0.25, -0.2) is 8.78 Å². The van der Waals surface area contributed by atoms with Crippen LogP contribution in [0.15, 0.2) is 24.3 Å². The van der Waals surface area contributed by atoms with Crippen molar-refractivity contribution < 1.29 is 13.5 Å². The number of alkyl halides is 2. The lowest BCUT2D eigenvalue weighted by atomic mass is 10.1. The minimum absolute atomic E-state index is 0.0584. The van der Waals surface area contributed by atoms with Crippen LogP contribution in [0, 0.1) is 5.41 Å². The van der Waals surface area contributed by atoms with Crippen LogP contribution in [0.25, 0.3) is 0 Å². The maximum atomic E-state index is 13.1. The number of morpholine rings is 1. The van der Waals surface area contributed by atoms with Crippen molar-refractivity contribution in [2.45, 2.75) is 32.4 Å². The van der Waals surface area contributed by atoms with E-state index in [1.807, 2.05) is 0 Å². The highest BCUT2D eigenvalue weighted by Gasteiger charge is 2.23. The Labute approximate surface area is 131 Å². The van der Waals surface area contributed by atoms with Crippen LogP contribution in [0.1, 0.15) is 25.0 Å². The van der Waals surface area contributed by atoms with Gasteiger partial charge in [0.05, 0.1) is 13.2 Å². The molecule has 6 heteroatoms. The lowest BCUT2D eigenvalue weighted by Crippen LogP contribution is -2.47. The van der Waals surface area contributed by atoms with Crippen LogP contribution in [-0.4, -0.2) is 44.1 Å². The number of hydrogen-bond donors (Lipinski definition) is 2. The van der Waals surface area contributed by atoms with Gasteiger partial charge in [0.25, 0.3) is 5.92 Å². The van der Waals surface area contributed by atoms with Gasteiger partial charge >= 0.3 is 0 Å². The van der Waals surface area contributed by atoms with Gasteiger partial charge < -0.3 is 15.5 Å². The molecule has 0 unspecified atom stereocenters. The Morgan fingerprint density at radius 1 is 1.36 bits per heavy atom. The number of nitrogens with one attached hydrogen (secondary N) is 2. The van der Waals surface area contributed by atoms with E-state index in [0.29, 0.717) is 12.6 Å². The maximum absolute atomic E-state index is 13.1. The van der Waals surface area contributed by atoms with E-state index in [1.165, 1.54) is 12.1 Å². The van der Waals surface area contributed by atoms with Crippen molar-refractivity contribution in [3.05, 3.63) is 35.4 Å². The summed E-state index contributed by atoms with van der Waals surface area (Å²) in [5.41, 5.74) is 1.07. The molecule has 0 saturated carbocycles. The summed E-state index contributed by atoms with van der Waals surface area (Å²) in [4.78, 5) is 2.32. The Kier molecular flexibility index (Phi) is 7.58. The molecular formula is C16H25F2N3O. The first-order chi connectivity index (χ1) is 10.5. The van der Waals surface area contributed by atoms with Crippen LogP contribution in [0.4, 0.5) is 8.78 Å². The Morgan fingerprint density at radius 2 is 2.00 bits per heavy atom. The third kappa shape index (κ3) is 5.79. The van der Waals surface area contributed by atoms with Gasteiger partial charge in [-0.2, -0.15) is 0 Å². The average Bonchev–Trinajstić information content (AvgIpc) is 2.51. The Balaban J connectivity index is 0.00000116. The lowest BCUT2D eigenvalue weighted by molar-refractivity contribution is -0.00411. The fourth-order valence-corrected chi connectivity index (χ4v) is 2.26. The molecule has 1 atom stereocenters. The van der Waals surface area contributed by atoms with Crippen molar-refractivity contribution in [1.82, 2.24) is 10.2 Å². The van der Waals surface area contributed by atoms with E-state index in [2.05, 4.69) is 23.9 Å². The topological polar surface area (TPSA) is 48.4 Å². The number of rotatable bonds is 5. The number of hydrogen-bond acceptors (Lipinski definition) is 4. The predicted molar refractivity (Wildman–Crippen MR) is 84.5 cm³/mol.